The van der Waals surface area contributed by atoms with Crippen LogP contribution in [-0.4, -0.2) is 42.1 Å². The van der Waals surface area contributed by atoms with Crippen LogP contribution in [0.1, 0.15) is 21.5 Å². The molecule has 0 unspecified atom stereocenters. The number of carboxylic acids is 1. The molecule has 150 valence electrons. The van der Waals surface area contributed by atoms with Crippen molar-refractivity contribution < 1.29 is 29.0 Å². The molecular formula is C20H17ClN2O6. The average Bonchev–Trinajstić information content (AvgIpc) is 2.93. The molecule has 3 amide bonds. The van der Waals surface area contributed by atoms with E-state index in [1.807, 2.05) is 0 Å². The Morgan fingerprint density at radius 3 is 2.66 bits per heavy atom. The Labute approximate surface area is 171 Å². The van der Waals surface area contributed by atoms with E-state index in [9.17, 15) is 14.4 Å². The second kappa shape index (κ2) is 8.24. The van der Waals surface area contributed by atoms with Gasteiger partial charge in [-0.15, -0.1) is 0 Å². The third kappa shape index (κ3) is 4.33. The average molecular weight is 417 g/mol. The third-order valence-electron chi connectivity index (χ3n) is 4.20. The van der Waals surface area contributed by atoms with Gasteiger partial charge in [0.2, 0.25) is 0 Å². The Hall–Kier alpha value is -3.52. The number of aromatic carboxylic acids is 1. The number of ether oxygens (including phenoxy) is 2. The van der Waals surface area contributed by atoms with Crippen LogP contribution in [0.2, 0.25) is 5.02 Å². The minimum absolute atomic E-state index is 0.0803. The van der Waals surface area contributed by atoms with Gasteiger partial charge in [-0.1, -0.05) is 23.7 Å². The molecule has 29 heavy (non-hydrogen) atoms. The van der Waals surface area contributed by atoms with Crippen molar-refractivity contribution in [3.05, 3.63) is 63.8 Å². The van der Waals surface area contributed by atoms with Gasteiger partial charge in [-0.25, -0.2) is 9.59 Å². The third-order valence-corrected chi connectivity index (χ3v) is 4.48. The molecule has 0 atom stereocenters. The topological polar surface area (TPSA) is 105 Å². The Kier molecular flexibility index (Phi) is 5.74. The van der Waals surface area contributed by atoms with Gasteiger partial charge in [0, 0.05) is 7.05 Å². The smallest absolute Gasteiger partial charge is 0.335 e. The summed E-state index contributed by atoms with van der Waals surface area (Å²) in [6.45, 7) is 0.0803. The quantitative estimate of drug-likeness (QED) is 0.553. The van der Waals surface area contributed by atoms with E-state index in [0.29, 0.717) is 16.9 Å². The van der Waals surface area contributed by atoms with Crippen molar-refractivity contribution in [1.29, 1.82) is 0 Å². The number of hydrogen-bond donors (Lipinski definition) is 2. The molecule has 1 aliphatic heterocycles. The van der Waals surface area contributed by atoms with E-state index in [-0.39, 0.29) is 28.6 Å². The molecule has 0 spiro atoms. The lowest BCUT2D eigenvalue weighted by atomic mass is 10.1. The molecule has 2 N–H and O–H groups in total. The van der Waals surface area contributed by atoms with Gasteiger partial charge in [0.05, 0.1) is 17.7 Å². The largest absolute Gasteiger partial charge is 0.493 e. The van der Waals surface area contributed by atoms with Crippen LogP contribution in [-0.2, 0) is 11.4 Å². The molecule has 1 heterocycles. The van der Waals surface area contributed by atoms with Crippen LogP contribution in [0, 0.1) is 0 Å². The van der Waals surface area contributed by atoms with E-state index in [2.05, 4.69) is 5.32 Å². The molecule has 1 fully saturated rings. The standard InChI is InChI=1S/C20H17ClN2O6/c1-23-18(24)15(22-20(23)27)8-12-7-14(21)17(16(9-12)28-2)29-10-11-4-3-5-13(6-11)19(25)26/h3-9H,10H2,1-2H3,(H,22,27)(H,25,26)/b15-8+. The number of amides is 3. The number of hydrogen-bond acceptors (Lipinski definition) is 5. The fraction of sp³-hybridized carbons (Fsp3) is 0.150. The lowest BCUT2D eigenvalue weighted by molar-refractivity contribution is -0.121. The molecule has 8 nitrogen and oxygen atoms in total. The van der Waals surface area contributed by atoms with Crippen LogP contribution in [0.15, 0.2) is 42.1 Å². The molecule has 1 saturated heterocycles. The molecule has 9 heteroatoms. The molecule has 0 radical (unpaired) electrons. The van der Waals surface area contributed by atoms with Crippen molar-refractivity contribution >= 4 is 35.6 Å². The maximum Gasteiger partial charge on any atom is 0.335 e. The molecule has 0 aliphatic carbocycles. The maximum absolute atomic E-state index is 12.0. The molecule has 0 saturated carbocycles. The monoisotopic (exact) mass is 416 g/mol. The Morgan fingerprint density at radius 2 is 2.03 bits per heavy atom. The van der Waals surface area contributed by atoms with E-state index >= 15 is 0 Å². The first-order valence-corrected chi connectivity index (χ1v) is 8.81. The number of carbonyl (C=O) groups excluding carboxylic acids is 2. The molecule has 2 aromatic rings. The van der Waals surface area contributed by atoms with E-state index in [4.69, 9.17) is 26.2 Å². The number of rotatable bonds is 6. The second-order valence-corrected chi connectivity index (χ2v) is 6.59. The van der Waals surface area contributed by atoms with Gasteiger partial charge in [0.25, 0.3) is 5.91 Å². The van der Waals surface area contributed by atoms with Gasteiger partial charge >= 0.3 is 12.0 Å². The van der Waals surface area contributed by atoms with E-state index < -0.39 is 17.9 Å². The molecule has 1 aliphatic rings. The van der Waals surface area contributed by atoms with Crippen LogP contribution in [0.5, 0.6) is 11.5 Å². The summed E-state index contributed by atoms with van der Waals surface area (Å²) >= 11 is 6.33. The summed E-state index contributed by atoms with van der Waals surface area (Å²) in [5.41, 5.74) is 1.46. The van der Waals surface area contributed by atoms with Crippen molar-refractivity contribution in [1.82, 2.24) is 10.2 Å². The second-order valence-electron chi connectivity index (χ2n) is 6.18. The highest BCUT2D eigenvalue weighted by Gasteiger charge is 2.30. The van der Waals surface area contributed by atoms with Crippen LogP contribution >= 0.6 is 11.6 Å². The first kappa shape index (κ1) is 20.2. The molecule has 3 rings (SSSR count). The van der Waals surface area contributed by atoms with Gasteiger partial charge in [-0.3, -0.25) is 9.69 Å². The van der Waals surface area contributed by atoms with Gasteiger partial charge in [-0.2, -0.15) is 0 Å². The van der Waals surface area contributed by atoms with E-state index in [1.165, 1.54) is 32.4 Å². The molecule has 0 aromatic heterocycles. The normalized spacial score (nSPS) is 14.9. The number of methoxy groups -OCH3 is 1. The minimum Gasteiger partial charge on any atom is -0.493 e. The van der Waals surface area contributed by atoms with Gasteiger partial charge in [0.1, 0.15) is 12.3 Å². The first-order chi connectivity index (χ1) is 13.8. The maximum atomic E-state index is 12.0. The summed E-state index contributed by atoms with van der Waals surface area (Å²) in [5.74, 6) is -0.886. The van der Waals surface area contributed by atoms with Crippen molar-refractivity contribution in [2.24, 2.45) is 0 Å². The first-order valence-electron chi connectivity index (χ1n) is 8.43. The van der Waals surface area contributed by atoms with Gasteiger partial charge in [0.15, 0.2) is 11.5 Å². The lowest BCUT2D eigenvalue weighted by Gasteiger charge is -2.14. The van der Waals surface area contributed by atoms with Crippen molar-refractivity contribution in [3.63, 3.8) is 0 Å². The summed E-state index contributed by atoms with van der Waals surface area (Å²) in [4.78, 5) is 35.6. The number of halogens is 1. The van der Waals surface area contributed by atoms with Crippen LogP contribution in [0.4, 0.5) is 4.79 Å². The van der Waals surface area contributed by atoms with Gasteiger partial charge < -0.3 is 19.9 Å². The number of nitrogens with one attached hydrogen (secondary N) is 1. The zero-order valence-electron chi connectivity index (χ0n) is 15.6. The number of urea groups is 1. The van der Waals surface area contributed by atoms with Crippen LogP contribution in [0.25, 0.3) is 6.08 Å². The summed E-state index contributed by atoms with van der Waals surface area (Å²) in [7, 11) is 2.82. The van der Waals surface area contributed by atoms with Crippen molar-refractivity contribution in [2.75, 3.05) is 14.2 Å². The predicted molar refractivity (Wildman–Crippen MR) is 105 cm³/mol. The number of likely N-dealkylation sites (N-methyl/N-ethyl adjacent to an activating group) is 1. The van der Waals surface area contributed by atoms with Gasteiger partial charge in [-0.05, 0) is 41.5 Å². The highest BCUT2D eigenvalue weighted by molar-refractivity contribution is 6.32. The Morgan fingerprint density at radius 1 is 1.28 bits per heavy atom. The number of nitrogens with zero attached hydrogens (tertiary/aromatic N) is 1. The van der Waals surface area contributed by atoms with E-state index in [1.54, 1.807) is 24.3 Å². The van der Waals surface area contributed by atoms with Crippen molar-refractivity contribution in [3.8, 4) is 11.5 Å². The predicted octanol–water partition coefficient (Wildman–Crippen LogP) is 3.15. The summed E-state index contributed by atoms with van der Waals surface area (Å²) in [6, 6.07) is 9.02. The summed E-state index contributed by atoms with van der Waals surface area (Å²) in [6.07, 6.45) is 1.48. The zero-order chi connectivity index (χ0) is 21.1. The summed E-state index contributed by atoms with van der Waals surface area (Å²) < 4.78 is 11.1. The highest BCUT2D eigenvalue weighted by Crippen LogP contribution is 2.37. The Balaban J connectivity index is 1.84. The number of benzene rings is 2. The highest BCUT2D eigenvalue weighted by atomic mass is 35.5. The van der Waals surface area contributed by atoms with Crippen LogP contribution in [0.3, 0.4) is 0 Å². The summed E-state index contributed by atoms with van der Waals surface area (Å²) in [5, 5.41) is 11.8. The zero-order valence-corrected chi connectivity index (χ0v) is 16.3. The fourth-order valence-corrected chi connectivity index (χ4v) is 2.98. The fourth-order valence-electron chi connectivity index (χ4n) is 2.70. The number of carboxylic acid groups (broad SMARTS) is 1. The molecule has 2 aromatic carbocycles. The SMILES string of the molecule is COc1cc(/C=C2/NC(=O)N(C)C2=O)cc(Cl)c1OCc1cccc(C(=O)O)c1. The minimum atomic E-state index is -1.03. The Bertz CT molecular complexity index is 1030. The lowest BCUT2D eigenvalue weighted by Crippen LogP contribution is -2.25. The van der Waals surface area contributed by atoms with Crippen LogP contribution < -0.4 is 14.8 Å². The van der Waals surface area contributed by atoms with E-state index in [0.717, 1.165) is 4.90 Å². The molecule has 0 bridgehead atoms. The number of carbonyl (C=O) groups is 3. The van der Waals surface area contributed by atoms with Crippen molar-refractivity contribution in [2.45, 2.75) is 6.61 Å². The number of imide groups is 1. The molecular weight excluding hydrogens is 400 g/mol.